The van der Waals surface area contributed by atoms with Crippen LogP contribution in [0, 0.1) is 17.8 Å². The highest BCUT2D eigenvalue weighted by Crippen LogP contribution is 2.61. The number of ether oxygens (including phenoxy) is 1. The minimum atomic E-state index is -0.973. The Labute approximate surface area is 273 Å². The number of carbonyl (C=O) groups is 3. The highest BCUT2D eigenvalue weighted by atomic mass is 32.2. The predicted octanol–water partition coefficient (Wildman–Crippen LogP) is 5.06. The van der Waals surface area contributed by atoms with Gasteiger partial charge in [-0.3, -0.25) is 14.4 Å². The van der Waals surface area contributed by atoms with E-state index < -0.39 is 28.7 Å². The number of rotatable bonds is 7. The maximum absolute atomic E-state index is 14.9. The molecule has 46 heavy (non-hydrogen) atoms. The molecule has 0 saturated carbocycles. The Bertz CT molecular complexity index is 1740. The first-order valence-corrected chi connectivity index (χ1v) is 17.0. The van der Waals surface area contributed by atoms with Gasteiger partial charge in [-0.2, -0.15) is 0 Å². The molecule has 1 spiro atoms. The third kappa shape index (κ3) is 4.74. The van der Waals surface area contributed by atoms with E-state index in [9.17, 15) is 19.5 Å². The van der Waals surface area contributed by atoms with Gasteiger partial charge in [0.15, 0.2) is 0 Å². The molecule has 2 fully saturated rings. The summed E-state index contributed by atoms with van der Waals surface area (Å²) in [5, 5.41) is 12.4. The maximum atomic E-state index is 14.9. The Morgan fingerprint density at radius 3 is 2.30 bits per heavy atom. The van der Waals surface area contributed by atoms with Crippen LogP contribution in [0.5, 0.6) is 5.75 Å². The van der Waals surface area contributed by atoms with E-state index in [0.29, 0.717) is 19.7 Å². The number of benzene rings is 3. The second-order valence-electron chi connectivity index (χ2n) is 12.8. The molecule has 238 valence electrons. The van der Waals surface area contributed by atoms with Crippen LogP contribution >= 0.6 is 11.8 Å². The van der Waals surface area contributed by atoms with Crippen LogP contribution in [0.2, 0.25) is 0 Å². The molecule has 4 heterocycles. The molecule has 6 atom stereocenters. The van der Waals surface area contributed by atoms with Gasteiger partial charge in [-0.15, -0.1) is 11.8 Å². The molecule has 1 N–H and O–H groups in total. The fourth-order valence-corrected chi connectivity index (χ4v) is 9.74. The van der Waals surface area contributed by atoms with Gasteiger partial charge in [0.1, 0.15) is 11.8 Å². The quantitative estimate of drug-likeness (QED) is 0.365. The first kappa shape index (κ1) is 30.6. The first-order valence-electron chi connectivity index (χ1n) is 16.1. The Kier molecular flexibility index (Phi) is 7.93. The number of carbonyl (C=O) groups excluding carboxylic acids is 3. The van der Waals surface area contributed by atoms with Gasteiger partial charge in [-0.05, 0) is 60.0 Å². The Hall–Kier alpha value is -4.08. The average molecular weight is 638 g/mol. The molecule has 0 aromatic heterocycles. The molecule has 1 unspecified atom stereocenters. The molecule has 0 aliphatic carbocycles. The van der Waals surface area contributed by atoms with Crippen LogP contribution in [0.15, 0.2) is 91.0 Å². The van der Waals surface area contributed by atoms with E-state index in [2.05, 4.69) is 0 Å². The molecule has 2 saturated heterocycles. The van der Waals surface area contributed by atoms with Crippen LogP contribution in [0.4, 0.5) is 11.4 Å². The van der Waals surface area contributed by atoms with E-state index >= 15 is 0 Å². The normalized spacial score (nSPS) is 27.9. The number of fused-ring (bicyclic) bond motifs is 3. The van der Waals surface area contributed by atoms with Gasteiger partial charge in [-0.1, -0.05) is 68.5 Å². The number of aliphatic hydroxyl groups is 1. The summed E-state index contributed by atoms with van der Waals surface area (Å²) in [7, 11) is 0. The number of aliphatic hydroxyl groups excluding tert-OH is 1. The summed E-state index contributed by atoms with van der Waals surface area (Å²) < 4.78 is 4.64. The van der Waals surface area contributed by atoms with Crippen molar-refractivity contribution < 1.29 is 24.2 Å². The summed E-state index contributed by atoms with van der Waals surface area (Å²) in [6.45, 7) is 6.83. The van der Waals surface area contributed by atoms with Crippen molar-refractivity contribution in [3.8, 4) is 5.75 Å². The van der Waals surface area contributed by atoms with Crippen LogP contribution < -0.4 is 14.5 Å². The lowest BCUT2D eigenvalue weighted by atomic mass is 9.78. The van der Waals surface area contributed by atoms with Gasteiger partial charge in [0.05, 0.1) is 35.8 Å². The van der Waals surface area contributed by atoms with Crippen LogP contribution in [-0.4, -0.2) is 76.1 Å². The van der Waals surface area contributed by atoms with E-state index in [1.165, 1.54) is 0 Å². The zero-order chi connectivity index (χ0) is 32.2. The summed E-state index contributed by atoms with van der Waals surface area (Å²) in [4.78, 5) is 49.4. The number of likely N-dealkylation sites (tertiary alicyclic amines) is 1. The molecule has 0 bridgehead atoms. The zero-order valence-electron chi connectivity index (χ0n) is 26.3. The monoisotopic (exact) mass is 637 g/mol. The standard InChI is InChI=1S/C37H39N3O5S/c1-4-45-28-16-14-26(15-17-28)38-19-7-11-30-31(34(38)42)32-35(43)40(29(22-41)23(2)3)33-36(44)39(20-8-18-37(32,33)46-30)27-13-12-24-9-5-6-10-25(24)21-27/h5-18,21,23,29-33,41H,4,19-20,22H2,1-3H3/t29-,30-,31+,32-,33?,37-/m0/s1. The van der Waals surface area contributed by atoms with Crippen molar-refractivity contribution in [1.82, 2.24) is 4.90 Å². The van der Waals surface area contributed by atoms with E-state index in [-0.39, 0.29) is 35.5 Å². The van der Waals surface area contributed by atoms with Crippen LogP contribution in [-0.2, 0) is 14.4 Å². The number of amides is 3. The summed E-state index contributed by atoms with van der Waals surface area (Å²) in [5.41, 5.74) is 1.48. The van der Waals surface area contributed by atoms with E-state index in [0.717, 1.165) is 27.9 Å². The predicted molar refractivity (Wildman–Crippen MR) is 182 cm³/mol. The molecule has 3 aromatic rings. The smallest absolute Gasteiger partial charge is 0.251 e. The zero-order valence-corrected chi connectivity index (χ0v) is 27.1. The molecule has 0 radical (unpaired) electrons. The highest BCUT2D eigenvalue weighted by Gasteiger charge is 2.72. The largest absolute Gasteiger partial charge is 0.494 e. The van der Waals surface area contributed by atoms with E-state index in [1.807, 2.05) is 112 Å². The van der Waals surface area contributed by atoms with Crippen molar-refractivity contribution >= 4 is 51.6 Å². The minimum Gasteiger partial charge on any atom is -0.494 e. The Balaban J connectivity index is 1.31. The average Bonchev–Trinajstić information content (AvgIpc) is 3.37. The first-order chi connectivity index (χ1) is 22.3. The summed E-state index contributed by atoms with van der Waals surface area (Å²) in [6.07, 6.45) is 8.04. The van der Waals surface area contributed by atoms with Crippen LogP contribution in [0.3, 0.4) is 0 Å². The van der Waals surface area contributed by atoms with Gasteiger partial charge >= 0.3 is 0 Å². The lowest BCUT2D eigenvalue weighted by molar-refractivity contribution is -0.142. The van der Waals surface area contributed by atoms with Crippen molar-refractivity contribution in [1.29, 1.82) is 0 Å². The molecule has 7 rings (SSSR count). The molecular formula is C37H39N3O5S. The Morgan fingerprint density at radius 1 is 0.891 bits per heavy atom. The lowest BCUT2D eigenvalue weighted by Gasteiger charge is -2.39. The number of thioether (sulfide) groups is 1. The second-order valence-corrected chi connectivity index (χ2v) is 14.3. The second kappa shape index (κ2) is 11.9. The number of anilines is 2. The number of hydrogen-bond donors (Lipinski definition) is 1. The summed E-state index contributed by atoms with van der Waals surface area (Å²) >= 11 is 1.55. The number of hydrogen-bond acceptors (Lipinski definition) is 6. The van der Waals surface area contributed by atoms with E-state index in [4.69, 9.17) is 4.74 Å². The molecule has 4 aliphatic rings. The SMILES string of the molecule is CCOc1ccc(N2CC=C[C@@H]3S[C@]45C=CCN(c6ccc7ccccc7c6)C(=O)C4N([C@@H](CO)C(C)C)C(=O)[C@@H]5[C@@H]3C2=O)cc1. The highest BCUT2D eigenvalue weighted by molar-refractivity contribution is 8.02. The molecule has 4 aliphatic heterocycles. The Morgan fingerprint density at radius 2 is 1.59 bits per heavy atom. The van der Waals surface area contributed by atoms with Crippen LogP contribution in [0.25, 0.3) is 10.8 Å². The fourth-order valence-electron chi connectivity index (χ4n) is 7.75. The summed E-state index contributed by atoms with van der Waals surface area (Å²) in [5.74, 6) is -1.40. The third-order valence-corrected chi connectivity index (χ3v) is 11.7. The van der Waals surface area contributed by atoms with Gasteiger partial charge in [-0.25, -0.2) is 0 Å². The van der Waals surface area contributed by atoms with Gasteiger partial charge < -0.3 is 24.5 Å². The maximum Gasteiger partial charge on any atom is 0.251 e. The van der Waals surface area contributed by atoms with Crippen molar-refractivity contribution in [2.24, 2.45) is 17.8 Å². The molecule has 3 aromatic carbocycles. The topological polar surface area (TPSA) is 90.4 Å². The van der Waals surface area contributed by atoms with E-state index in [1.54, 1.807) is 26.5 Å². The van der Waals surface area contributed by atoms with Gasteiger partial charge in [0, 0.05) is 29.7 Å². The molecule has 9 heteroatoms. The van der Waals surface area contributed by atoms with Crippen LogP contribution in [0.1, 0.15) is 20.8 Å². The lowest BCUT2D eigenvalue weighted by Crippen LogP contribution is -2.57. The number of nitrogens with zero attached hydrogens (tertiary/aromatic N) is 3. The summed E-state index contributed by atoms with van der Waals surface area (Å²) in [6, 6.07) is 20.0. The van der Waals surface area contributed by atoms with Gasteiger partial charge in [0.2, 0.25) is 11.8 Å². The minimum absolute atomic E-state index is 0.107. The van der Waals surface area contributed by atoms with Gasteiger partial charge in [0.25, 0.3) is 5.91 Å². The molecule has 3 amide bonds. The van der Waals surface area contributed by atoms with Crippen molar-refractivity contribution in [3.05, 3.63) is 91.0 Å². The molecular weight excluding hydrogens is 598 g/mol. The fraction of sp³-hybridized carbons (Fsp3) is 0.378. The molecule has 8 nitrogen and oxygen atoms in total. The van der Waals surface area contributed by atoms with Crippen molar-refractivity contribution in [2.75, 3.05) is 36.1 Å². The van der Waals surface area contributed by atoms with Crippen molar-refractivity contribution in [3.63, 3.8) is 0 Å². The third-order valence-electron chi connectivity index (χ3n) is 9.91. The van der Waals surface area contributed by atoms with Crippen molar-refractivity contribution in [2.45, 2.75) is 42.9 Å².